The minimum Gasteiger partial charge on any atom is -0.486 e. The lowest BCUT2D eigenvalue weighted by molar-refractivity contribution is -0.0368. The van der Waals surface area contributed by atoms with E-state index in [0.29, 0.717) is 148 Å². The van der Waals surface area contributed by atoms with Gasteiger partial charge in [-0.25, -0.2) is 14.6 Å². The highest BCUT2D eigenvalue weighted by atomic mass is 16.6. The molecule has 17 heteroatoms. The lowest BCUT2D eigenvalue weighted by Crippen LogP contribution is -2.30. The summed E-state index contributed by atoms with van der Waals surface area (Å²) in [5.74, 6) is 0.0472. The van der Waals surface area contributed by atoms with Gasteiger partial charge in [0, 0.05) is 38.2 Å². The maximum Gasteiger partial charge on any atom is 0.344 e. The zero-order valence-electron chi connectivity index (χ0n) is 40.4. The molecule has 0 saturated carbocycles. The van der Waals surface area contributed by atoms with E-state index >= 15 is 0 Å². The monoisotopic (exact) mass is 941 g/mol. The summed E-state index contributed by atoms with van der Waals surface area (Å²) in [6.45, 7) is 14.8. The number of carbonyl (C=O) groups is 2. The topological polar surface area (TPSA) is 176 Å². The first-order valence-electron chi connectivity index (χ1n) is 22.9. The molecule has 67 heavy (non-hydrogen) atoms. The lowest BCUT2D eigenvalue weighted by Gasteiger charge is -2.21. The number of benzene rings is 3. The van der Waals surface area contributed by atoms with E-state index in [9.17, 15) is 9.59 Å². The van der Waals surface area contributed by atoms with Crippen LogP contribution in [0.4, 0.5) is 0 Å². The first kappa shape index (κ1) is 55.1. The highest BCUT2D eigenvalue weighted by molar-refractivity contribution is 6.15. The molecule has 4 rings (SSSR count). The van der Waals surface area contributed by atoms with Gasteiger partial charge in [-0.05, 0) is 86.3 Å². The zero-order valence-corrected chi connectivity index (χ0v) is 40.4. The normalized spacial score (nSPS) is 11.6. The Hall–Kier alpha value is -4.53. The molecule has 0 aliphatic rings. The molecule has 0 saturated heterocycles. The van der Waals surface area contributed by atoms with Crippen molar-refractivity contribution in [3.63, 3.8) is 0 Å². The first-order chi connectivity index (χ1) is 32.7. The smallest absolute Gasteiger partial charge is 0.344 e. The van der Waals surface area contributed by atoms with Crippen molar-refractivity contribution in [2.24, 2.45) is 0 Å². The molecule has 3 aromatic carbocycles. The van der Waals surface area contributed by atoms with Crippen LogP contribution in [0.3, 0.4) is 0 Å². The Kier molecular flexibility index (Phi) is 26.5. The second-order valence-electron chi connectivity index (χ2n) is 15.4. The Balaban J connectivity index is 1.70. The summed E-state index contributed by atoms with van der Waals surface area (Å²) in [6.07, 6.45) is 0.781. The SMILES string of the molecule is CCCOCCOCC(COCCOCCC)Oc1ccc2nc3ccc(OC(COCCOCCOC)COCCOCCOC)cc3c(C(=O)Oc3c(C)cc(C(=O)OC)cc3C)c2c1. The van der Waals surface area contributed by atoms with Crippen LogP contribution in [0.15, 0.2) is 48.5 Å². The molecule has 0 N–H and O–H groups in total. The predicted molar refractivity (Wildman–Crippen MR) is 251 cm³/mol. The van der Waals surface area contributed by atoms with Crippen LogP contribution < -0.4 is 14.2 Å². The van der Waals surface area contributed by atoms with Crippen LogP contribution in [0.25, 0.3) is 21.8 Å². The number of aryl methyl sites for hydroxylation is 2. The molecule has 1 heterocycles. The van der Waals surface area contributed by atoms with Crippen LogP contribution in [0, 0.1) is 13.8 Å². The van der Waals surface area contributed by atoms with E-state index in [-0.39, 0.29) is 32.0 Å². The number of nitrogens with zero attached hydrogens (tertiary/aromatic N) is 1. The summed E-state index contributed by atoms with van der Waals surface area (Å²) in [6, 6.07) is 13.9. The van der Waals surface area contributed by atoms with Gasteiger partial charge >= 0.3 is 11.9 Å². The largest absolute Gasteiger partial charge is 0.486 e. The van der Waals surface area contributed by atoms with Crippen molar-refractivity contribution in [3.05, 3.63) is 70.8 Å². The standard InChI is InChI=1S/C50H71NO16/c1-8-14-57-20-24-61-32-41(33-62-25-21-58-15-9-2)65-39-10-12-45-43(30-39)47(50(53)67-48-36(3)28-38(29-37(48)4)49(52)56-7)44-31-40(11-13-46(44)51-45)66-42(34-63-26-22-59-18-16-54-5)35-64-27-23-60-19-17-55-6/h10-13,28-31,41-42H,8-9,14-27,32-35H2,1-7H3. The van der Waals surface area contributed by atoms with Gasteiger partial charge in [0.2, 0.25) is 0 Å². The third-order valence-electron chi connectivity index (χ3n) is 9.86. The highest BCUT2D eigenvalue weighted by Crippen LogP contribution is 2.34. The Morgan fingerprint density at radius 3 is 1.27 bits per heavy atom. The van der Waals surface area contributed by atoms with Gasteiger partial charge in [-0.15, -0.1) is 0 Å². The molecule has 0 fully saturated rings. The van der Waals surface area contributed by atoms with Crippen molar-refractivity contribution < 1.29 is 75.9 Å². The van der Waals surface area contributed by atoms with Gasteiger partial charge in [-0.3, -0.25) is 0 Å². The van der Waals surface area contributed by atoms with E-state index in [1.54, 1.807) is 76.6 Å². The molecule has 0 bridgehead atoms. The number of aromatic nitrogens is 1. The van der Waals surface area contributed by atoms with Gasteiger partial charge < -0.3 is 66.3 Å². The number of hydrogen-bond donors (Lipinski definition) is 0. The maximum atomic E-state index is 14.8. The number of ether oxygens (including phenoxy) is 14. The van der Waals surface area contributed by atoms with Gasteiger partial charge in [-0.1, -0.05) is 13.8 Å². The molecule has 1 aromatic heterocycles. The molecule has 4 aromatic rings. The Labute approximate surface area is 394 Å². The zero-order chi connectivity index (χ0) is 48.1. The van der Waals surface area contributed by atoms with E-state index < -0.39 is 24.1 Å². The minimum atomic E-state index is -0.656. The summed E-state index contributed by atoms with van der Waals surface area (Å²) in [7, 11) is 4.55. The molecule has 17 nitrogen and oxygen atoms in total. The van der Waals surface area contributed by atoms with Crippen LogP contribution in [0.1, 0.15) is 58.5 Å². The molecule has 0 aliphatic heterocycles. The van der Waals surface area contributed by atoms with Gasteiger partial charge in [0.25, 0.3) is 0 Å². The van der Waals surface area contributed by atoms with Gasteiger partial charge in [0.1, 0.15) is 29.5 Å². The number of rotatable bonds is 37. The van der Waals surface area contributed by atoms with Crippen molar-refractivity contribution in [2.75, 3.05) is 140 Å². The second kappa shape index (κ2) is 32.3. The quantitative estimate of drug-likeness (QED) is 0.0201. The number of hydrogen-bond acceptors (Lipinski definition) is 17. The molecule has 0 aliphatic carbocycles. The van der Waals surface area contributed by atoms with Gasteiger partial charge in [0.05, 0.1) is 135 Å². The van der Waals surface area contributed by atoms with Crippen molar-refractivity contribution in [2.45, 2.75) is 52.7 Å². The van der Waals surface area contributed by atoms with Crippen molar-refractivity contribution in [1.29, 1.82) is 0 Å². The maximum absolute atomic E-state index is 14.8. The van der Waals surface area contributed by atoms with Gasteiger partial charge in [0.15, 0.2) is 0 Å². The van der Waals surface area contributed by atoms with Crippen molar-refractivity contribution in [1.82, 2.24) is 4.98 Å². The average molecular weight is 942 g/mol. The fourth-order valence-electron chi connectivity index (χ4n) is 6.69. The van der Waals surface area contributed by atoms with Gasteiger partial charge in [-0.2, -0.15) is 0 Å². The molecule has 0 radical (unpaired) electrons. The third-order valence-corrected chi connectivity index (χ3v) is 9.86. The van der Waals surface area contributed by atoms with E-state index in [1.807, 2.05) is 0 Å². The molecule has 0 amide bonds. The Morgan fingerprint density at radius 1 is 0.493 bits per heavy atom. The van der Waals surface area contributed by atoms with Crippen LogP contribution in [0.2, 0.25) is 0 Å². The van der Waals surface area contributed by atoms with Crippen LogP contribution in [0.5, 0.6) is 17.2 Å². The Bertz CT molecular complexity index is 1990. The van der Waals surface area contributed by atoms with E-state index in [4.69, 9.17) is 71.3 Å². The van der Waals surface area contributed by atoms with E-state index in [2.05, 4.69) is 13.8 Å². The summed E-state index contributed by atoms with van der Waals surface area (Å²) < 4.78 is 80.4. The second-order valence-corrected chi connectivity index (χ2v) is 15.4. The minimum absolute atomic E-state index is 0.189. The number of carbonyl (C=O) groups excluding carboxylic acids is 2. The number of fused-ring (bicyclic) bond motifs is 2. The van der Waals surface area contributed by atoms with Crippen LogP contribution in [-0.2, 0) is 52.1 Å². The summed E-state index contributed by atoms with van der Waals surface area (Å²) in [5, 5.41) is 0.940. The lowest BCUT2D eigenvalue weighted by atomic mass is 10.0. The first-order valence-corrected chi connectivity index (χ1v) is 22.9. The highest BCUT2D eigenvalue weighted by Gasteiger charge is 2.24. The average Bonchev–Trinajstić information content (AvgIpc) is 3.32. The fourth-order valence-corrected chi connectivity index (χ4v) is 6.69. The van der Waals surface area contributed by atoms with Crippen molar-refractivity contribution in [3.8, 4) is 17.2 Å². The predicted octanol–water partition coefficient (Wildman–Crippen LogP) is 6.75. The number of methoxy groups -OCH3 is 3. The number of pyridine rings is 1. The molecule has 0 atom stereocenters. The third kappa shape index (κ3) is 19.5. The Morgan fingerprint density at radius 2 is 0.881 bits per heavy atom. The molecule has 0 unspecified atom stereocenters. The van der Waals surface area contributed by atoms with Crippen LogP contribution >= 0.6 is 0 Å². The van der Waals surface area contributed by atoms with E-state index in [0.717, 1.165) is 12.8 Å². The molecule has 0 spiro atoms. The van der Waals surface area contributed by atoms with Crippen molar-refractivity contribution >= 4 is 33.7 Å². The fraction of sp³-hybridized carbons (Fsp3) is 0.580. The summed E-state index contributed by atoms with van der Waals surface area (Å²) in [5.41, 5.74) is 2.76. The molecular weight excluding hydrogens is 871 g/mol. The molecular formula is C50H71NO16. The summed E-state index contributed by atoms with van der Waals surface area (Å²) in [4.78, 5) is 32.1. The van der Waals surface area contributed by atoms with E-state index in [1.165, 1.54) is 7.11 Å². The summed E-state index contributed by atoms with van der Waals surface area (Å²) >= 11 is 0. The number of esters is 2. The van der Waals surface area contributed by atoms with Crippen LogP contribution in [-0.4, -0.2) is 169 Å². The molecule has 372 valence electrons.